The van der Waals surface area contributed by atoms with Crippen molar-refractivity contribution < 1.29 is 14.0 Å². The number of carbonyl (C=O) groups excluding carboxylic acids is 2. The average molecular weight is 511 g/mol. The fourth-order valence-corrected chi connectivity index (χ4v) is 4.98. The number of likely N-dealkylation sites (tertiary alicyclic amines) is 2. The molecule has 10 heteroatoms. The van der Waals surface area contributed by atoms with E-state index >= 15 is 0 Å². The van der Waals surface area contributed by atoms with Gasteiger partial charge in [0.25, 0.3) is 5.91 Å². The molecule has 3 aromatic rings. The highest BCUT2D eigenvalue weighted by Crippen LogP contribution is 2.28. The van der Waals surface area contributed by atoms with Gasteiger partial charge in [-0.15, -0.1) is 5.10 Å². The molecule has 2 aliphatic rings. The minimum atomic E-state index is -0.401. The highest BCUT2D eigenvalue weighted by molar-refractivity contribution is 6.33. The number of anilines is 1. The second kappa shape index (κ2) is 10.7. The highest BCUT2D eigenvalue weighted by Gasteiger charge is 2.32. The summed E-state index contributed by atoms with van der Waals surface area (Å²) in [5.41, 5.74) is 1.15. The van der Waals surface area contributed by atoms with Crippen LogP contribution in [-0.4, -0.2) is 62.7 Å². The number of halogens is 2. The van der Waals surface area contributed by atoms with Gasteiger partial charge in [-0.2, -0.15) is 9.67 Å². The first-order valence-electron chi connectivity index (χ1n) is 12.3. The van der Waals surface area contributed by atoms with Crippen molar-refractivity contribution in [1.82, 2.24) is 24.6 Å². The molecule has 188 valence electrons. The van der Waals surface area contributed by atoms with Gasteiger partial charge in [-0.1, -0.05) is 35.9 Å². The first-order valence-corrected chi connectivity index (χ1v) is 12.7. The van der Waals surface area contributed by atoms with E-state index in [4.69, 9.17) is 11.6 Å². The maximum absolute atomic E-state index is 13.4. The van der Waals surface area contributed by atoms with E-state index in [9.17, 15) is 14.0 Å². The van der Waals surface area contributed by atoms with Crippen molar-refractivity contribution in [3.05, 3.63) is 76.3 Å². The lowest BCUT2D eigenvalue weighted by Crippen LogP contribution is -2.46. The van der Waals surface area contributed by atoms with Gasteiger partial charge in [-0.3, -0.25) is 4.79 Å². The van der Waals surface area contributed by atoms with Crippen molar-refractivity contribution in [3.8, 4) is 0 Å². The Morgan fingerprint density at radius 1 is 1.00 bits per heavy atom. The molecule has 0 saturated carbocycles. The van der Waals surface area contributed by atoms with Gasteiger partial charge in [0.05, 0.1) is 10.6 Å². The van der Waals surface area contributed by atoms with Gasteiger partial charge >= 0.3 is 6.03 Å². The smallest absolute Gasteiger partial charge is 0.320 e. The van der Waals surface area contributed by atoms with Crippen LogP contribution in [0.4, 0.5) is 15.1 Å². The average Bonchev–Trinajstić information content (AvgIpc) is 3.59. The molecule has 1 atom stereocenters. The fraction of sp³-hybridized carbons (Fsp3) is 0.385. The molecule has 5 rings (SSSR count). The number of hydrogen-bond acceptors (Lipinski definition) is 5. The Kier molecular flexibility index (Phi) is 7.18. The Morgan fingerprint density at radius 2 is 1.72 bits per heavy atom. The molecular formula is C26H28ClFN6O2. The van der Waals surface area contributed by atoms with E-state index < -0.39 is 5.91 Å². The SMILES string of the molecule is O=C(N1CCCC1)N1CCCC(c2nc(NCc3ccc(F)cc3)n(C(=O)c3ccccc3Cl)n2)C1. The Bertz CT molecular complexity index is 1240. The summed E-state index contributed by atoms with van der Waals surface area (Å²) >= 11 is 6.29. The molecule has 2 saturated heterocycles. The summed E-state index contributed by atoms with van der Waals surface area (Å²) in [4.78, 5) is 34.8. The molecule has 0 bridgehead atoms. The summed E-state index contributed by atoms with van der Waals surface area (Å²) in [5.74, 6) is -0.0136. The first-order chi connectivity index (χ1) is 17.5. The van der Waals surface area contributed by atoms with Gasteiger partial charge < -0.3 is 15.1 Å². The number of piperidine rings is 1. The monoisotopic (exact) mass is 510 g/mol. The summed E-state index contributed by atoms with van der Waals surface area (Å²) in [6.45, 7) is 3.16. The van der Waals surface area contributed by atoms with Crippen molar-refractivity contribution in [3.63, 3.8) is 0 Å². The fourth-order valence-electron chi connectivity index (χ4n) is 4.76. The number of nitrogens with one attached hydrogen (secondary N) is 1. The zero-order valence-corrected chi connectivity index (χ0v) is 20.6. The predicted octanol–water partition coefficient (Wildman–Crippen LogP) is 4.77. The molecule has 0 spiro atoms. The van der Waals surface area contributed by atoms with Crippen LogP contribution in [0, 0.1) is 5.82 Å². The molecule has 36 heavy (non-hydrogen) atoms. The number of nitrogens with zero attached hydrogens (tertiary/aromatic N) is 5. The molecule has 2 aromatic carbocycles. The lowest BCUT2D eigenvalue weighted by molar-refractivity contribution is 0.0946. The first kappa shape index (κ1) is 24.2. The van der Waals surface area contributed by atoms with E-state index in [1.165, 1.54) is 16.8 Å². The quantitative estimate of drug-likeness (QED) is 0.534. The van der Waals surface area contributed by atoms with Crippen LogP contribution in [0.1, 0.15) is 53.3 Å². The van der Waals surface area contributed by atoms with Crippen LogP contribution in [0.15, 0.2) is 48.5 Å². The second-order valence-corrected chi connectivity index (χ2v) is 9.64. The number of rotatable bonds is 5. The lowest BCUT2D eigenvalue weighted by atomic mass is 9.97. The van der Waals surface area contributed by atoms with Gasteiger partial charge in [-0.25, -0.2) is 9.18 Å². The molecule has 0 radical (unpaired) electrons. The van der Waals surface area contributed by atoms with Crippen LogP contribution in [-0.2, 0) is 6.54 Å². The largest absolute Gasteiger partial charge is 0.350 e. The van der Waals surface area contributed by atoms with Gasteiger partial charge in [-0.05, 0) is 55.5 Å². The maximum atomic E-state index is 13.4. The molecular weight excluding hydrogens is 483 g/mol. The van der Waals surface area contributed by atoms with Crippen molar-refractivity contribution >= 4 is 29.5 Å². The third-order valence-electron chi connectivity index (χ3n) is 6.72. The summed E-state index contributed by atoms with van der Waals surface area (Å²) in [6, 6.07) is 13.0. The Balaban J connectivity index is 1.40. The molecule has 1 N–H and O–H groups in total. The van der Waals surface area contributed by atoms with Crippen LogP contribution in [0.3, 0.4) is 0 Å². The lowest BCUT2D eigenvalue weighted by Gasteiger charge is -2.34. The minimum Gasteiger partial charge on any atom is -0.350 e. The number of benzene rings is 2. The maximum Gasteiger partial charge on any atom is 0.320 e. The zero-order valence-electron chi connectivity index (χ0n) is 19.9. The molecule has 2 fully saturated rings. The van der Waals surface area contributed by atoms with Crippen molar-refractivity contribution in [1.29, 1.82) is 0 Å². The third kappa shape index (κ3) is 5.21. The molecule has 2 aliphatic heterocycles. The normalized spacial score (nSPS) is 17.9. The summed E-state index contributed by atoms with van der Waals surface area (Å²) in [7, 11) is 0. The summed E-state index contributed by atoms with van der Waals surface area (Å²) in [6.07, 6.45) is 3.76. The molecule has 1 aromatic heterocycles. The van der Waals surface area contributed by atoms with Crippen LogP contribution >= 0.6 is 11.6 Å². The number of urea groups is 1. The minimum absolute atomic E-state index is 0.0680. The van der Waals surface area contributed by atoms with E-state index in [1.54, 1.807) is 36.4 Å². The van der Waals surface area contributed by atoms with E-state index in [1.807, 2.05) is 9.80 Å². The molecule has 2 amide bonds. The Hall–Kier alpha value is -3.46. The van der Waals surface area contributed by atoms with Crippen LogP contribution in [0.5, 0.6) is 0 Å². The van der Waals surface area contributed by atoms with Crippen LogP contribution in [0.2, 0.25) is 5.02 Å². The van der Waals surface area contributed by atoms with Crippen LogP contribution in [0.25, 0.3) is 0 Å². The highest BCUT2D eigenvalue weighted by atomic mass is 35.5. The van der Waals surface area contributed by atoms with Gasteiger partial charge in [0.2, 0.25) is 5.95 Å². The predicted molar refractivity (Wildman–Crippen MR) is 135 cm³/mol. The van der Waals surface area contributed by atoms with Crippen molar-refractivity contribution in [2.45, 2.75) is 38.1 Å². The van der Waals surface area contributed by atoms with Crippen molar-refractivity contribution in [2.24, 2.45) is 0 Å². The van der Waals surface area contributed by atoms with E-state index in [-0.39, 0.29) is 23.7 Å². The molecule has 3 heterocycles. The van der Waals surface area contributed by atoms with E-state index in [0.717, 1.165) is 44.3 Å². The molecule has 0 aliphatic carbocycles. The number of hydrogen-bond donors (Lipinski definition) is 1. The molecule has 8 nitrogen and oxygen atoms in total. The van der Waals surface area contributed by atoms with E-state index in [2.05, 4.69) is 15.4 Å². The van der Waals surface area contributed by atoms with Gasteiger partial charge in [0.15, 0.2) is 5.82 Å². The van der Waals surface area contributed by atoms with Crippen molar-refractivity contribution in [2.75, 3.05) is 31.5 Å². The zero-order chi connectivity index (χ0) is 25.1. The Labute approximate surface area is 214 Å². The molecule has 1 unspecified atom stereocenters. The summed E-state index contributed by atoms with van der Waals surface area (Å²) in [5, 5.41) is 8.09. The van der Waals surface area contributed by atoms with E-state index in [0.29, 0.717) is 36.0 Å². The third-order valence-corrected chi connectivity index (χ3v) is 7.05. The van der Waals surface area contributed by atoms with Crippen LogP contribution < -0.4 is 5.32 Å². The summed E-state index contributed by atoms with van der Waals surface area (Å²) < 4.78 is 14.5. The Morgan fingerprint density at radius 3 is 2.47 bits per heavy atom. The standard InChI is InChI=1S/C26H28ClFN6O2/c27-22-8-2-1-7-21(22)24(35)34-25(29-16-18-9-11-20(28)12-10-18)30-23(31-34)19-6-5-15-33(17-19)26(36)32-13-3-4-14-32/h1-2,7-12,19H,3-6,13-17H2,(H,29,30,31). The number of amides is 2. The topological polar surface area (TPSA) is 83.4 Å². The number of aromatic nitrogens is 3. The number of carbonyl (C=O) groups is 2. The second-order valence-electron chi connectivity index (χ2n) is 9.23. The van der Waals surface area contributed by atoms with Gasteiger partial charge in [0.1, 0.15) is 5.82 Å². The van der Waals surface area contributed by atoms with Gasteiger partial charge in [0, 0.05) is 38.6 Å².